The van der Waals surface area contributed by atoms with Crippen LogP contribution in [0.5, 0.6) is 0 Å². The SMILES string of the molecule is CCCC[C@]12CC[C@H]3[C@@H](CCC4C(C)(C)C=CC[C@@]43C)[C@@H]1CCC2N. The molecule has 7 atom stereocenters. The lowest BCUT2D eigenvalue weighted by Crippen LogP contribution is -2.57. The van der Waals surface area contributed by atoms with Crippen LogP contribution in [0.3, 0.4) is 0 Å². The first kappa shape index (κ1) is 18.1. The van der Waals surface area contributed by atoms with Crippen LogP contribution in [0.25, 0.3) is 0 Å². The van der Waals surface area contributed by atoms with Crippen LogP contribution in [0, 0.1) is 39.9 Å². The minimum absolute atomic E-state index is 0.390. The summed E-state index contributed by atoms with van der Waals surface area (Å²) >= 11 is 0. The van der Waals surface area contributed by atoms with Crippen LogP contribution >= 0.6 is 0 Å². The summed E-state index contributed by atoms with van der Waals surface area (Å²) < 4.78 is 0. The predicted molar refractivity (Wildman–Crippen MR) is 107 cm³/mol. The molecule has 0 spiro atoms. The third kappa shape index (κ3) is 2.51. The maximum atomic E-state index is 6.78. The molecule has 0 aromatic heterocycles. The normalized spacial score (nSPS) is 50.8. The van der Waals surface area contributed by atoms with Gasteiger partial charge in [0.25, 0.3) is 0 Å². The van der Waals surface area contributed by atoms with Crippen LogP contribution < -0.4 is 5.73 Å². The van der Waals surface area contributed by atoms with Crippen molar-refractivity contribution in [3.05, 3.63) is 12.2 Å². The molecule has 4 aliphatic rings. The van der Waals surface area contributed by atoms with Gasteiger partial charge >= 0.3 is 0 Å². The molecule has 3 saturated carbocycles. The molecule has 0 aliphatic heterocycles. The monoisotopic (exact) mass is 343 g/mol. The molecule has 0 aromatic carbocycles. The molecule has 4 rings (SSSR count). The number of hydrogen-bond acceptors (Lipinski definition) is 1. The van der Waals surface area contributed by atoms with Crippen molar-refractivity contribution in [1.82, 2.24) is 0 Å². The van der Waals surface area contributed by atoms with E-state index in [-0.39, 0.29) is 0 Å². The van der Waals surface area contributed by atoms with Gasteiger partial charge in [0.2, 0.25) is 0 Å². The van der Waals surface area contributed by atoms with Crippen LogP contribution in [-0.4, -0.2) is 6.04 Å². The second kappa shape index (κ2) is 6.11. The van der Waals surface area contributed by atoms with E-state index in [1.54, 1.807) is 0 Å². The van der Waals surface area contributed by atoms with Gasteiger partial charge in [0, 0.05) is 6.04 Å². The van der Waals surface area contributed by atoms with Gasteiger partial charge in [-0.2, -0.15) is 0 Å². The molecule has 142 valence electrons. The van der Waals surface area contributed by atoms with Gasteiger partial charge in [0.15, 0.2) is 0 Å². The standard InChI is InChI=1S/C24H41N/c1-5-6-15-24-16-12-18-17(19(24)9-11-21(24)25)8-10-20-22(2,3)13-7-14-23(18,20)4/h7,13,17-21H,5-6,8-12,14-16,25H2,1-4H3/t17-,18+,19+,20?,21?,23-,24+/m1/s1. The Morgan fingerprint density at radius 1 is 1.00 bits per heavy atom. The first-order valence-electron chi connectivity index (χ1n) is 11.3. The fraction of sp³-hybridized carbons (Fsp3) is 0.917. The highest BCUT2D eigenvalue weighted by molar-refractivity contribution is 5.17. The Kier molecular flexibility index (Phi) is 4.42. The highest BCUT2D eigenvalue weighted by Crippen LogP contribution is 2.68. The number of unbranched alkanes of at least 4 members (excludes halogenated alkanes) is 1. The number of hydrogen-bond donors (Lipinski definition) is 1. The summed E-state index contributed by atoms with van der Waals surface area (Å²) in [5.74, 6) is 3.72. The van der Waals surface area contributed by atoms with Crippen molar-refractivity contribution in [2.24, 2.45) is 45.7 Å². The zero-order valence-corrected chi connectivity index (χ0v) is 17.2. The van der Waals surface area contributed by atoms with Crippen LogP contribution in [0.15, 0.2) is 12.2 Å². The van der Waals surface area contributed by atoms with E-state index in [2.05, 4.69) is 39.8 Å². The maximum absolute atomic E-state index is 6.78. The van der Waals surface area contributed by atoms with Gasteiger partial charge in [-0.05, 0) is 91.3 Å². The molecule has 0 aromatic rings. The Bertz CT molecular complexity index is 534. The van der Waals surface area contributed by atoms with Crippen LogP contribution in [0.4, 0.5) is 0 Å². The summed E-state index contributed by atoms with van der Waals surface area (Å²) in [7, 11) is 0. The first-order valence-corrected chi connectivity index (χ1v) is 11.3. The van der Waals surface area contributed by atoms with Crippen molar-refractivity contribution in [2.45, 2.75) is 97.9 Å². The number of nitrogens with two attached hydrogens (primary N) is 1. The van der Waals surface area contributed by atoms with Gasteiger partial charge in [-0.1, -0.05) is 52.7 Å². The lowest BCUT2D eigenvalue weighted by molar-refractivity contribution is -0.120. The van der Waals surface area contributed by atoms with Gasteiger partial charge < -0.3 is 5.73 Å². The van der Waals surface area contributed by atoms with E-state index in [0.29, 0.717) is 22.3 Å². The Balaban J connectivity index is 1.64. The molecule has 25 heavy (non-hydrogen) atoms. The third-order valence-corrected chi connectivity index (χ3v) is 9.65. The molecular weight excluding hydrogens is 302 g/mol. The fourth-order valence-electron chi connectivity index (χ4n) is 8.56. The molecule has 2 N–H and O–H groups in total. The van der Waals surface area contributed by atoms with E-state index >= 15 is 0 Å². The molecule has 0 bridgehead atoms. The van der Waals surface area contributed by atoms with Crippen LogP contribution in [-0.2, 0) is 0 Å². The van der Waals surface area contributed by atoms with E-state index < -0.39 is 0 Å². The summed E-state index contributed by atoms with van der Waals surface area (Å²) in [4.78, 5) is 0. The van der Waals surface area contributed by atoms with Crippen LogP contribution in [0.1, 0.15) is 91.9 Å². The van der Waals surface area contributed by atoms with Crippen molar-refractivity contribution < 1.29 is 0 Å². The van der Waals surface area contributed by atoms with Gasteiger partial charge in [-0.25, -0.2) is 0 Å². The highest BCUT2D eigenvalue weighted by Gasteiger charge is 2.61. The molecule has 0 radical (unpaired) electrons. The average molecular weight is 344 g/mol. The van der Waals surface area contributed by atoms with Crippen molar-refractivity contribution in [3.8, 4) is 0 Å². The zero-order valence-electron chi connectivity index (χ0n) is 17.2. The minimum atomic E-state index is 0.390. The third-order valence-electron chi connectivity index (χ3n) is 9.65. The number of rotatable bonds is 3. The molecule has 0 saturated heterocycles. The summed E-state index contributed by atoms with van der Waals surface area (Å²) in [5.41, 5.74) is 8.21. The van der Waals surface area contributed by atoms with E-state index in [4.69, 9.17) is 5.73 Å². The van der Waals surface area contributed by atoms with Crippen molar-refractivity contribution in [2.75, 3.05) is 0 Å². The summed E-state index contributed by atoms with van der Waals surface area (Å²) in [6, 6.07) is 0.484. The van der Waals surface area contributed by atoms with Crippen molar-refractivity contribution in [1.29, 1.82) is 0 Å². The van der Waals surface area contributed by atoms with Crippen LogP contribution in [0.2, 0.25) is 0 Å². The maximum Gasteiger partial charge on any atom is 0.00984 e. The Labute approximate surface area is 156 Å². The smallest absolute Gasteiger partial charge is 0.00984 e. The zero-order chi connectivity index (χ0) is 17.9. The summed E-state index contributed by atoms with van der Waals surface area (Å²) in [5, 5.41) is 0. The molecule has 3 fully saturated rings. The van der Waals surface area contributed by atoms with E-state index in [1.165, 1.54) is 64.2 Å². The molecule has 1 nitrogen and oxygen atoms in total. The topological polar surface area (TPSA) is 26.0 Å². The minimum Gasteiger partial charge on any atom is -0.327 e. The molecule has 0 amide bonds. The average Bonchev–Trinajstić information content (AvgIpc) is 2.89. The van der Waals surface area contributed by atoms with E-state index in [1.807, 2.05) is 0 Å². The van der Waals surface area contributed by atoms with E-state index in [0.717, 1.165) is 23.7 Å². The second-order valence-electron chi connectivity index (χ2n) is 11.0. The van der Waals surface area contributed by atoms with Crippen molar-refractivity contribution >= 4 is 0 Å². The molecular formula is C24H41N. The largest absolute Gasteiger partial charge is 0.327 e. The Morgan fingerprint density at radius 2 is 1.80 bits per heavy atom. The first-order chi connectivity index (χ1) is 11.8. The Hall–Kier alpha value is -0.300. The highest BCUT2D eigenvalue weighted by atomic mass is 14.8. The predicted octanol–water partition coefficient (Wildman–Crippen LogP) is 6.33. The van der Waals surface area contributed by atoms with Gasteiger partial charge in [-0.3, -0.25) is 0 Å². The fourth-order valence-corrected chi connectivity index (χ4v) is 8.56. The van der Waals surface area contributed by atoms with Crippen molar-refractivity contribution in [3.63, 3.8) is 0 Å². The molecule has 1 heteroatoms. The lowest BCUT2D eigenvalue weighted by Gasteiger charge is -2.63. The lowest BCUT2D eigenvalue weighted by atomic mass is 9.42. The second-order valence-corrected chi connectivity index (χ2v) is 11.0. The molecule has 0 heterocycles. The quantitative estimate of drug-likeness (QED) is 0.595. The van der Waals surface area contributed by atoms with Gasteiger partial charge in [0.05, 0.1) is 0 Å². The van der Waals surface area contributed by atoms with Gasteiger partial charge in [0.1, 0.15) is 0 Å². The summed E-state index contributed by atoms with van der Waals surface area (Å²) in [6.45, 7) is 9.99. The number of fused-ring (bicyclic) bond motifs is 5. The molecule has 4 aliphatic carbocycles. The summed E-state index contributed by atoms with van der Waals surface area (Å²) in [6.07, 6.45) is 19.0. The Morgan fingerprint density at radius 3 is 2.56 bits per heavy atom. The van der Waals surface area contributed by atoms with Gasteiger partial charge in [-0.15, -0.1) is 0 Å². The molecule has 2 unspecified atom stereocenters. The number of allylic oxidation sites excluding steroid dienone is 2. The van der Waals surface area contributed by atoms with E-state index in [9.17, 15) is 0 Å².